The fourth-order valence-corrected chi connectivity index (χ4v) is 2.40. The first kappa shape index (κ1) is 12.5. The zero-order chi connectivity index (χ0) is 12.8. The zero-order valence-corrected chi connectivity index (χ0v) is 10.3. The molecule has 1 atom stereocenters. The Hall–Kier alpha value is -1.92. The third-order valence-corrected chi connectivity index (χ3v) is 3.44. The highest BCUT2D eigenvalue weighted by atomic mass is 32.2. The lowest BCUT2D eigenvalue weighted by molar-refractivity contribution is -0.120. The second-order valence-corrected chi connectivity index (χ2v) is 4.59. The van der Waals surface area contributed by atoms with E-state index in [-0.39, 0.29) is 5.91 Å². The second kappa shape index (κ2) is 6.13. The SMILES string of the molecule is NNC(=O)C(Sc1cnccn1)c1ccccc1. The van der Waals surface area contributed by atoms with Crippen molar-refractivity contribution in [3.8, 4) is 0 Å². The van der Waals surface area contributed by atoms with Crippen LogP contribution in [-0.4, -0.2) is 15.9 Å². The molecule has 0 saturated carbocycles. The monoisotopic (exact) mass is 260 g/mol. The van der Waals surface area contributed by atoms with E-state index in [0.717, 1.165) is 5.56 Å². The molecule has 1 aromatic carbocycles. The lowest BCUT2D eigenvalue weighted by atomic mass is 10.1. The molecule has 6 heteroatoms. The Balaban J connectivity index is 2.24. The Morgan fingerprint density at radius 2 is 2.06 bits per heavy atom. The van der Waals surface area contributed by atoms with E-state index in [1.54, 1.807) is 18.6 Å². The standard InChI is InChI=1S/C12H12N4OS/c13-16-12(17)11(9-4-2-1-3-5-9)18-10-8-14-6-7-15-10/h1-8,11H,13H2,(H,16,17). The van der Waals surface area contributed by atoms with Gasteiger partial charge in [0.25, 0.3) is 5.91 Å². The Morgan fingerprint density at radius 1 is 1.28 bits per heavy atom. The van der Waals surface area contributed by atoms with E-state index in [4.69, 9.17) is 5.84 Å². The molecule has 0 aliphatic carbocycles. The van der Waals surface area contributed by atoms with Crippen LogP contribution >= 0.6 is 11.8 Å². The van der Waals surface area contributed by atoms with Crippen LogP contribution in [-0.2, 0) is 4.79 Å². The van der Waals surface area contributed by atoms with Gasteiger partial charge in [0.2, 0.25) is 0 Å². The molecule has 0 aliphatic heterocycles. The molecule has 2 rings (SSSR count). The van der Waals surface area contributed by atoms with Crippen LogP contribution in [0, 0.1) is 0 Å². The number of benzene rings is 1. The van der Waals surface area contributed by atoms with Crippen LogP contribution < -0.4 is 11.3 Å². The van der Waals surface area contributed by atoms with E-state index >= 15 is 0 Å². The van der Waals surface area contributed by atoms with Gasteiger partial charge in [-0.25, -0.2) is 10.8 Å². The van der Waals surface area contributed by atoms with Crippen molar-refractivity contribution >= 4 is 17.7 Å². The number of nitrogens with two attached hydrogens (primary N) is 1. The second-order valence-electron chi connectivity index (χ2n) is 3.46. The smallest absolute Gasteiger partial charge is 0.251 e. The molecular weight excluding hydrogens is 248 g/mol. The van der Waals surface area contributed by atoms with Crippen molar-refractivity contribution < 1.29 is 4.79 Å². The highest BCUT2D eigenvalue weighted by Crippen LogP contribution is 2.33. The number of nitrogens with one attached hydrogen (secondary N) is 1. The van der Waals surface area contributed by atoms with E-state index in [0.29, 0.717) is 5.03 Å². The van der Waals surface area contributed by atoms with Gasteiger partial charge in [-0.2, -0.15) is 0 Å². The predicted molar refractivity (Wildman–Crippen MR) is 69.4 cm³/mol. The number of amides is 1. The maximum atomic E-state index is 11.8. The number of rotatable bonds is 4. The fraction of sp³-hybridized carbons (Fsp3) is 0.0833. The Labute approximate surface area is 109 Å². The minimum atomic E-state index is -0.437. The van der Waals surface area contributed by atoms with Crippen molar-refractivity contribution in [1.29, 1.82) is 0 Å². The van der Waals surface area contributed by atoms with E-state index in [9.17, 15) is 4.79 Å². The van der Waals surface area contributed by atoms with Gasteiger partial charge < -0.3 is 0 Å². The number of nitrogens with zero attached hydrogens (tertiary/aromatic N) is 2. The number of carbonyl (C=O) groups excluding carboxylic acids is 1. The van der Waals surface area contributed by atoms with E-state index < -0.39 is 5.25 Å². The molecule has 0 fully saturated rings. The van der Waals surface area contributed by atoms with Crippen molar-refractivity contribution in [2.45, 2.75) is 10.3 Å². The molecule has 0 bridgehead atoms. The first-order chi connectivity index (χ1) is 8.81. The fourth-order valence-electron chi connectivity index (χ4n) is 1.44. The molecule has 3 N–H and O–H groups in total. The summed E-state index contributed by atoms with van der Waals surface area (Å²) in [6, 6.07) is 9.41. The quantitative estimate of drug-likeness (QED) is 0.375. The highest BCUT2D eigenvalue weighted by Gasteiger charge is 2.21. The normalized spacial score (nSPS) is 11.8. The summed E-state index contributed by atoms with van der Waals surface area (Å²) in [5, 5.41) is 0.239. The highest BCUT2D eigenvalue weighted by molar-refractivity contribution is 8.00. The minimum Gasteiger partial charge on any atom is -0.293 e. The average Bonchev–Trinajstić information content (AvgIpc) is 2.46. The van der Waals surface area contributed by atoms with Crippen molar-refractivity contribution in [3.63, 3.8) is 0 Å². The summed E-state index contributed by atoms with van der Waals surface area (Å²) in [5.41, 5.74) is 3.05. The Morgan fingerprint density at radius 3 is 2.67 bits per heavy atom. The number of thioether (sulfide) groups is 1. The molecule has 0 saturated heterocycles. The van der Waals surface area contributed by atoms with Crippen molar-refractivity contribution in [2.75, 3.05) is 0 Å². The molecule has 1 unspecified atom stereocenters. The zero-order valence-electron chi connectivity index (χ0n) is 9.48. The third kappa shape index (κ3) is 3.06. The Bertz CT molecular complexity index is 506. The van der Waals surface area contributed by atoms with Gasteiger partial charge in [-0.05, 0) is 5.56 Å². The summed E-state index contributed by atoms with van der Waals surface area (Å²) in [7, 11) is 0. The van der Waals surface area contributed by atoms with Gasteiger partial charge in [0, 0.05) is 12.4 Å². The van der Waals surface area contributed by atoms with Crippen LogP contribution in [0.5, 0.6) is 0 Å². The van der Waals surface area contributed by atoms with Gasteiger partial charge in [0.05, 0.1) is 6.20 Å². The van der Waals surface area contributed by atoms with Gasteiger partial charge in [0.15, 0.2) is 0 Å². The molecule has 0 radical (unpaired) electrons. The van der Waals surface area contributed by atoms with Crippen LogP contribution in [0.25, 0.3) is 0 Å². The summed E-state index contributed by atoms with van der Waals surface area (Å²) in [6.07, 6.45) is 4.79. The van der Waals surface area contributed by atoms with Crippen molar-refractivity contribution in [1.82, 2.24) is 15.4 Å². The summed E-state index contributed by atoms with van der Waals surface area (Å²) in [5.74, 6) is 4.95. The lowest BCUT2D eigenvalue weighted by Crippen LogP contribution is -2.33. The van der Waals surface area contributed by atoms with Gasteiger partial charge in [-0.15, -0.1) is 0 Å². The average molecular weight is 260 g/mol. The molecule has 1 heterocycles. The van der Waals surface area contributed by atoms with Crippen LogP contribution in [0.4, 0.5) is 0 Å². The summed E-state index contributed by atoms with van der Waals surface area (Å²) in [4.78, 5) is 19.9. The summed E-state index contributed by atoms with van der Waals surface area (Å²) in [6.45, 7) is 0. The molecule has 1 aromatic heterocycles. The Kier molecular flexibility index (Phi) is 4.27. The van der Waals surface area contributed by atoms with E-state index in [1.165, 1.54) is 11.8 Å². The molecule has 0 aliphatic rings. The molecule has 18 heavy (non-hydrogen) atoms. The first-order valence-corrected chi connectivity index (χ1v) is 6.17. The molecular formula is C12H12N4OS. The number of hydrazine groups is 1. The van der Waals surface area contributed by atoms with Crippen LogP contribution in [0.15, 0.2) is 53.9 Å². The van der Waals surface area contributed by atoms with E-state index in [1.807, 2.05) is 30.3 Å². The topological polar surface area (TPSA) is 80.9 Å². The first-order valence-electron chi connectivity index (χ1n) is 5.29. The van der Waals surface area contributed by atoms with Gasteiger partial charge in [-0.1, -0.05) is 42.1 Å². The molecule has 5 nitrogen and oxygen atoms in total. The largest absolute Gasteiger partial charge is 0.293 e. The van der Waals surface area contributed by atoms with Gasteiger partial charge in [0.1, 0.15) is 10.3 Å². The molecule has 0 spiro atoms. The number of hydrogen-bond donors (Lipinski definition) is 2. The number of carbonyl (C=O) groups is 1. The summed E-state index contributed by atoms with van der Waals surface area (Å²) >= 11 is 1.31. The van der Waals surface area contributed by atoms with Crippen LogP contribution in [0.3, 0.4) is 0 Å². The number of aromatic nitrogens is 2. The molecule has 92 valence electrons. The predicted octanol–water partition coefficient (Wildman–Crippen LogP) is 1.30. The molecule has 2 aromatic rings. The van der Waals surface area contributed by atoms with Crippen LogP contribution in [0.1, 0.15) is 10.8 Å². The maximum absolute atomic E-state index is 11.8. The van der Waals surface area contributed by atoms with Crippen molar-refractivity contribution in [3.05, 3.63) is 54.5 Å². The molecule has 1 amide bonds. The van der Waals surface area contributed by atoms with Gasteiger partial charge in [-0.3, -0.25) is 15.2 Å². The van der Waals surface area contributed by atoms with Gasteiger partial charge >= 0.3 is 0 Å². The van der Waals surface area contributed by atoms with Crippen LogP contribution in [0.2, 0.25) is 0 Å². The van der Waals surface area contributed by atoms with E-state index in [2.05, 4.69) is 15.4 Å². The summed E-state index contributed by atoms with van der Waals surface area (Å²) < 4.78 is 0. The third-order valence-electron chi connectivity index (χ3n) is 2.26. The number of hydrogen-bond acceptors (Lipinski definition) is 5. The minimum absolute atomic E-state index is 0.267. The van der Waals surface area contributed by atoms with Crippen molar-refractivity contribution in [2.24, 2.45) is 5.84 Å². The lowest BCUT2D eigenvalue weighted by Gasteiger charge is -2.14. The maximum Gasteiger partial charge on any atom is 0.251 e.